The molecule has 0 saturated carbocycles. The lowest BCUT2D eigenvalue weighted by atomic mass is 10.1. The van der Waals surface area contributed by atoms with Crippen molar-refractivity contribution in [3.63, 3.8) is 0 Å². The van der Waals surface area contributed by atoms with Crippen LogP contribution in [-0.4, -0.2) is 34.6 Å². The van der Waals surface area contributed by atoms with Gasteiger partial charge in [-0.1, -0.05) is 37.3 Å². The summed E-state index contributed by atoms with van der Waals surface area (Å²) >= 11 is 0. The van der Waals surface area contributed by atoms with Gasteiger partial charge in [0.05, 0.1) is 6.54 Å². The summed E-state index contributed by atoms with van der Waals surface area (Å²) in [5.74, 6) is 1.09. The van der Waals surface area contributed by atoms with Crippen molar-refractivity contribution in [2.75, 3.05) is 20.1 Å². The van der Waals surface area contributed by atoms with Gasteiger partial charge < -0.3 is 9.88 Å². The SMILES string of the molecule is CCCNCC(c1ccccc1)N(C)Cc1nccn1C. The highest BCUT2D eigenvalue weighted by Gasteiger charge is 2.17. The summed E-state index contributed by atoms with van der Waals surface area (Å²) in [5, 5.41) is 3.54. The molecule has 0 spiro atoms. The third kappa shape index (κ3) is 4.41. The van der Waals surface area contributed by atoms with Gasteiger partial charge in [-0.25, -0.2) is 4.98 Å². The Morgan fingerprint density at radius 2 is 2.05 bits per heavy atom. The first kappa shape index (κ1) is 15.7. The van der Waals surface area contributed by atoms with Crippen molar-refractivity contribution in [1.82, 2.24) is 19.8 Å². The third-order valence-electron chi connectivity index (χ3n) is 3.79. The summed E-state index contributed by atoms with van der Waals surface area (Å²) in [6, 6.07) is 11.0. The second-order valence-electron chi connectivity index (χ2n) is 5.50. The fourth-order valence-corrected chi connectivity index (χ4v) is 2.50. The van der Waals surface area contributed by atoms with Crippen LogP contribution in [0.25, 0.3) is 0 Å². The van der Waals surface area contributed by atoms with E-state index < -0.39 is 0 Å². The van der Waals surface area contributed by atoms with Gasteiger partial charge in [-0.15, -0.1) is 0 Å². The Balaban J connectivity index is 2.08. The predicted octanol–water partition coefficient (Wildman–Crippen LogP) is 2.59. The molecule has 2 aromatic rings. The minimum atomic E-state index is 0.356. The summed E-state index contributed by atoms with van der Waals surface area (Å²) in [7, 11) is 4.21. The summed E-state index contributed by atoms with van der Waals surface area (Å²) in [5.41, 5.74) is 1.35. The zero-order chi connectivity index (χ0) is 15.1. The van der Waals surface area contributed by atoms with Crippen LogP contribution in [0.5, 0.6) is 0 Å². The Kier molecular flexibility index (Phi) is 5.96. The quantitative estimate of drug-likeness (QED) is 0.757. The van der Waals surface area contributed by atoms with Crippen LogP contribution in [-0.2, 0) is 13.6 Å². The molecule has 0 aliphatic carbocycles. The lowest BCUT2D eigenvalue weighted by Crippen LogP contribution is -2.34. The van der Waals surface area contributed by atoms with E-state index in [4.69, 9.17) is 0 Å². The van der Waals surface area contributed by atoms with Crippen LogP contribution in [0.1, 0.15) is 30.8 Å². The number of hydrogen-bond acceptors (Lipinski definition) is 3. The second kappa shape index (κ2) is 7.96. The molecule has 1 heterocycles. The van der Waals surface area contributed by atoms with Crippen LogP contribution in [0.3, 0.4) is 0 Å². The van der Waals surface area contributed by atoms with Gasteiger partial charge in [-0.05, 0) is 25.6 Å². The molecule has 0 fully saturated rings. The van der Waals surface area contributed by atoms with Gasteiger partial charge in [0.15, 0.2) is 0 Å². The Morgan fingerprint density at radius 3 is 2.67 bits per heavy atom. The number of aromatic nitrogens is 2. The molecular weight excluding hydrogens is 260 g/mol. The van der Waals surface area contributed by atoms with E-state index in [1.165, 1.54) is 5.56 Å². The van der Waals surface area contributed by atoms with Gasteiger partial charge in [0.1, 0.15) is 5.82 Å². The highest BCUT2D eigenvalue weighted by Crippen LogP contribution is 2.20. The van der Waals surface area contributed by atoms with E-state index in [0.717, 1.165) is 31.9 Å². The smallest absolute Gasteiger partial charge is 0.122 e. The van der Waals surface area contributed by atoms with Crippen molar-refractivity contribution in [1.29, 1.82) is 0 Å². The van der Waals surface area contributed by atoms with Gasteiger partial charge in [0.25, 0.3) is 0 Å². The first-order valence-corrected chi connectivity index (χ1v) is 7.64. The molecule has 114 valence electrons. The first-order valence-electron chi connectivity index (χ1n) is 7.64. The predicted molar refractivity (Wildman–Crippen MR) is 87.0 cm³/mol. The molecule has 4 heteroatoms. The van der Waals surface area contributed by atoms with E-state index in [1.54, 1.807) is 0 Å². The molecule has 2 rings (SSSR count). The number of likely N-dealkylation sites (N-methyl/N-ethyl adjacent to an activating group) is 1. The molecule has 0 amide bonds. The normalized spacial score (nSPS) is 12.8. The number of benzene rings is 1. The van der Waals surface area contributed by atoms with Crippen LogP contribution in [0.2, 0.25) is 0 Å². The number of hydrogen-bond donors (Lipinski definition) is 1. The standard InChI is InChI=1S/C17H26N4/c1-4-10-18-13-16(15-8-6-5-7-9-15)21(3)14-17-19-11-12-20(17)2/h5-9,11-12,16,18H,4,10,13-14H2,1-3H3. The van der Waals surface area contributed by atoms with Crippen molar-refractivity contribution in [3.8, 4) is 0 Å². The highest BCUT2D eigenvalue weighted by atomic mass is 15.2. The lowest BCUT2D eigenvalue weighted by molar-refractivity contribution is 0.223. The average Bonchev–Trinajstić information content (AvgIpc) is 2.90. The highest BCUT2D eigenvalue weighted by molar-refractivity contribution is 5.19. The van der Waals surface area contributed by atoms with Crippen LogP contribution >= 0.6 is 0 Å². The molecule has 4 nitrogen and oxygen atoms in total. The van der Waals surface area contributed by atoms with E-state index in [0.29, 0.717) is 6.04 Å². The maximum atomic E-state index is 4.43. The van der Waals surface area contributed by atoms with Gasteiger partial charge in [0, 0.05) is 32.0 Å². The van der Waals surface area contributed by atoms with Crippen molar-refractivity contribution >= 4 is 0 Å². The third-order valence-corrected chi connectivity index (χ3v) is 3.79. The molecule has 21 heavy (non-hydrogen) atoms. The second-order valence-corrected chi connectivity index (χ2v) is 5.50. The van der Waals surface area contributed by atoms with Crippen molar-refractivity contribution in [2.45, 2.75) is 25.9 Å². The van der Waals surface area contributed by atoms with E-state index in [-0.39, 0.29) is 0 Å². The number of nitrogens with zero attached hydrogens (tertiary/aromatic N) is 3. The van der Waals surface area contributed by atoms with Crippen molar-refractivity contribution in [2.24, 2.45) is 7.05 Å². The summed E-state index contributed by atoms with van der Waals surface area (Å²) in [6.45, 7) is 5.05. The Morgan fingerprint density at radius 1 is 1.29 bits per heavy atom. The van der Waals surface area contributed by atoms with Crippen LogP contribution < -0.4 is 5.32 Å². The number of aryl methyl sites for hydroxylation is 1. The Hall–Kier alpha value is -1.65. The zero-order valence-corrected chi connectivity index (χ0v) is 13.3. The van der Waals surface area contributed by atoms with E-state index >= 15 is 0 Å². The van der Waals surface area contributed by atoms with E-state index in [9.17, 15) is 0 Å². The summed E-state index contributed by atoms with van der Waals surface area (Å²) in [4.78, 5) is 6.79. The lowest BCUT2D eigenvalue weighted by Gasteiger charge is -2.28. The topological polar surface area (TPSA) is 33.1 Å². The fourth-order valence-electron chi connectivity index (χ4n) is 2.50. The van der Waals surface area contributed by atoms with E-state index in [1.807, 2.05) is 19.4 Å². The Labute approximate surface area is 127 Å². The fraction of sp³-hybridized carbons (Fsp3) is 0.471. The molecular formula is C17H26N4. The summed E-state index contributed by atoms with van der Waals surface area (Å²) < 4.78 is 2.08. The van der Waals surface area contributed by atoms with Crippen molar-refractivity contribution < 1.29 is 0 Å². The van der Waals surface area contributed by atoms with Crippen LogP contribution in [0.4, 0.5) is 0 Å². The molecule has 0 saturated heterocycles. The molecule has 1 unspecified atom stereocenters. The zero-order valence-electron chi connectivity index (χ0n) is 13.3. The monoisotopic (exact) mass is 286 g/mol. The minimum Gasteiger partial charge on any atom is -0.337 e. The summed E-state index contributed by atoms with van der Waals surface area (Å²) in [6.07, 6.45) is 5.01. The van der Waals surface area contributed by atoms with Gasteiger partial charge in [-0.3, -0.25) is 4.90 Å². The maximum absolute atomic E-state index is 4.43. The van der Waals surface area contributed by atoms with Crippen LogP contribution in [0, 0.1) is 0 Å². The Bertz CT molecular complexity index is 521. The van der Waals surface area contributed by atoms with Gasteiger partial charge in [-0.2, -0.15) is 0 Å². The molecule has 1 atom stereocenters. The van der Waals surface area contributed by atoms with Crippen LogP contribution in [0.15, 0.2) is 42.7 Å². The molecule has 0 aliphatic heterocycles. The molecule has 1 aromatic heterocycles. The number of rotatable bonds is 8. The number of nitrogens with one attached hydrogen (secondary N) is 1. The van der Waals surface area contributed by atoms with Crippen molar-refractivity contribution in [3.05, 3.63) is 54.1 Å². The molecule has 0 aliphatic rings. The van der Waals surface area contributed by atoms with Gasteiger partial charge in [0.2, 0.25) is 0 Å². The first-order chi connectivity index (χ1) is 10.2. The molecule has 1 aromatic carbocycles. The van der Waals surface area contributed by atoms with Gasteiger partial charge >= 0.3 is 0 Å². The maximum Gasteiger partial charge on any atom is 0.122 e. The largest absolute Gasteiger partial charge is 0.337 e. The molecule has 1 N–H and O–H groups in total. The molecule has 0 radical (unpaired) electrons. The minimum absolute atomic E-state index is 0.356. The molecule has 0 bridgehead atoms. The average molecular weight is 286 g/mol. The number of imidazole rings is 1. The van der Waals surface area contributed by atoms with E-state index in [2.05, 4.69) is 64.1 Å².